The summed E-state index contributed by atoms with van der Waals surface area (Å²) in [4.78, 5) is 2.31. The highest BCUT2D eigenvalue weighted by Crippen LogP contribution is 2.37. The monoisotopic (exact) mass is 294 g/mol. The third-order valence-corrected chi connectivity index (χ3v) is 5.20. The molecule has 5 heteroatoms. The minimum absolute atomic E-state index is 0.165. The zero-order chi connectivity index (χ0) is 15.4. The summed E-state index contributed by atoms with van der Waals surface area (Å²) in [7, 11) is 0. The molecule has 0 aromatic carbocycles. The molecule has 0 amide bonds. The number of piperidine rings is 1. The number of likely N-dealkylation sites (tertiary alicyclic amines) is 1. The first-order valence-corrected chi connectivity index (χ1v) is 7.66. The molecule has 0 aromatic heterocycles. The topological polar surface area (TPSA) is 29.3 Å². The van der Waals surface area contributed by atoms with Crippen molar-refractivity contribution in [3.63, 3.8) is 0 Å². The first kappa shape index (κ1) is 17.8. The molecule has 0 aromatic rings. The van der Waals surface area contributed by atoms with Crippen LogP contribution in [-0.2, 0) is 0 Å². The fraction of sp³-hybridized carbons (Fsp3) is 1.00. The molecule has 0 aliphatic carbocycles. The lowest BCUT2D eigenvalue weighted by Gasteiger charge is -2.47. The molecular weight excluding hydrogens is 265 g/mol. The van der Waals surface area contributed by atoms with Gasteiger partial charge in [-0.15, -0.1) is 0 Å². The van der Waals surface area contributed by atoms with E-state index in [-0.39, 0.29) is 12.0 Å². The molecule has 20 heavy (non-hydrogen) atoms. The van der Waals surface area contributed by atoms with E-state index in [0.717, 1.165) is 32.4 Å². The Kier molecular flexibility index (Phi) is 5.90. The largest absolute Gasteiger partial charge is 0.389 e. The summed E-state index contributed by atoms with van der Waals surface area (Å²) in [5.74, 6) is 0. The van der Waals surface area contributed by atoms with Crippen molar-refractivity contribution >= 4 is 0 Å². The van der Waals surface area contributed by atoms with E-state index < -0.39 is 12.6 Å². The van der Waals surface area contributed by atoms with Gasteiger partial charge < -0.3 is 5.73 Å². The van der Waals surface area contributed by atoms with Crippen LogP contribution in [0.1, 0.15) is 59.3 Å². The Morgan fingerprint density at radius 2 is 1.70 bits per heavy atom. The molecule has 0 bridgehead atoms. The number of hydrogen-bond donors (Lipinski definition) is 1. The SMILES string of the molecule is CCC1(C)CCN(C(C)(CN)CCCC(F)(F)F)CC1. The normalized spacial score (nSPS) is 23.6. The molecule has 2 N–H and O–H groups in total. The van der Waals surface area contributed by atoms with Gasteiger partial charge in [0.1, 0.15) is 0 Å². The maximum atomic E-state index is 12.3. The predicted octanol–water partition coefficient (Wildman–Crippen LogP) is 3.95. The lowest BCUT2D eigenvalue weighted by molar-refractivity contribution is -0.137. The number of hydrogen-bond acceptors (Lipinski definition) is 2. The number of alkyl halides is 3. The molecule has 1 aliphatic heterocycles. The second-order valence-corrected chi connectivity index (χ2v) is 6.82. The molecule has 2 nitrogen and oxygen atoms in total. The van der Waals surface area contributed by atoms with Crippen LogP contribution >= 0.6 is 0 Å². The smallest absolute Gasteiger partial charge is 0.329 e. The van der Waals surface area contributed by atoms with E-state index in [4.69, 9.17) is 5.73 Å². The molecular formula is C15H29F3N2. The molecule has 1 saturated heterocycles. The molecule has 120 valence electrons. The van der Waals surface area contributed by atoms with E-state index in [2.05, 4.69) is 18.7 Å². The van der Waals surface area contributed by atoms with E-state index >= 15 is 0 Å². The zero-order valence-electron chi connectivity index (χ0n) is 13.0. The van der Waals surface area contributed by atoms with E-state index in [1.54, 1.807) is 0 Å². The second-order valence-electron chi connectivity index (χ2n) is 6.82. The number of nitrogens with two attached hydrogens (primary N) is 1. The standard InChI is InChI=1S/C15H29F3N2/c1-4-13(2)8-10-20(11-9-13)14(3,12-19)6-5-7-15(16,17)18/h4-12,19H2,1-3H3. The predicted molar refractivity (Wildman–Crippen MR) is 76.6 cm³/mol. The summed E-state index contributed by atoms with van der Waals surface area (Å²) >= 11 is 0. The van der Waals surface area contributed by atoms with Crippen molar-refractivity contribution < 1.29 is 13.2 Å². The second kappa shape index (κ2) is 6.65. The minimum atomic E-state index is -4.06. The van der Waals surface area contributed by atoms with E-state index in [9.17, 15) is 13.2 Å². The van der Waals surface area contributed by atoms with E-state index in [1.165, 1.54) is 0 Å². The summed E-state index contributed by atoms with van der Waals surface area (Å²) in [5, 5.41) is 0. The molecule has 1 unspecified atom stereocenters. The molecule has 1 heterocycles. The van der Waals surface area contributed by atoms with Crippen LogP contribution in [0.15, 0.2) is 0 Å². The molecule has 1 atom stereocenters. The van der Waals surface area contributed by atoms with Crippen molar-refractivity contribution in [2.24, 2.45) is 11.1 Å². The van der Waals surface area contributed by atoms with Gasteiger partial charge in [0.05, 0.1) is 0 Å². The lowest BCUT2D eigenvalue weighted by Crippen LogP contribution is -2.55. The van der Waals surface area contributed by atoms with Crippen molar-refractivity contribution in [3.05, 3.63) is 0 Å². The average Bonchev–Trinajstić information content (AvgIpc) is 2.38. The van der Waals surface area contributed by atoms with E-state index in [0.29, 0.717) is 18.4 Å². The number of rotatable bonds is 6. The molecule has 0 radical (unpaired) electrons. The van der Waals surface area contributed by atoms with Gasteiger partial charge >= 0.3 is 6.18 Å². The summed E-state index contributed by atoms with van der Waals surface area (Å²) < 4.78 is 36.8. The van der Waals surface area contributed by atoms with Crippen LogP contribution in [0.2, 0.25) is 0 Å². The van der Waals surface area contributed by atoms with Gasteiger partial charge in [0.2, 0.25) is 0 Å². The van der Waals surface area contributed by atoms with Crippen molar-refractivity contribution in [2.75, 3.05) is 19.6 Å². The average molecular weight is 294 g/mol. The Balaban J connectivity index is 2.52. The van der Waals surface area contributed by atoms with Crippen molar-refractivity contribution in [1.82, 2.24) is 4.90 Å². The Morgan fingerprint density at radius 1 is 1.15 bits per heavy atom. The summed E-state index contributed by atoms with van der Waals surface area (Å²) in [6, 6.07) is 0. The van der Waals surface area contributed by atoms with Crippen molar-refractivity contribution in [1.29, 1.82) is 0 Å². The van der Waals surface area contributed by atoms with Crippen LogP contribution in [0.3, 0.4) is 0 Å². The van der Waals surface area contributed by atoms with Gasteiger partial charge in [-0.25, -0.2) is 0 Å². The first-order valence-electron chi connectivity index (χ1n) is 7.66. The molecule has 0 spiro atoms. The number of nitrogens with zero attached hydrogens (tertiary/aromatic N) is 1. The van der Waals surface area contributed by atoms with Crippen LogP contribution in [0, 0.1) is 5.41 Å². The fourth-order valence-corrected chi connectivity index (χ4v) is 3.00. The lowest BCUT2D eigenvalue weighted by atomic mass is 9.76. The van der Waals surface area contributed by atoms with Gasteiger partial charge in [-0.3, -0.25) is 4.90 Å². The van der Waals surface area contributed by atoms with Crippen LogP contribution in [-0.4, -0.2) is 36.2 Å². The van der Waals surface area contributed by atoms with Gasteiger partial charge in [-0.05, 0) is 51.1 Å². The van der Waals surface area contributed by atoms with Crippen LogP contribution < -0.4 is 5.73 Å². The van der Waals surface area contributed by atoms with Crippen molar-refractivity contribution in [2.45, 2.75) is 71.0 Å². The summed E-state index contributed by atoms with van der Waals surface area (Å²) in [5.41, 5.74) is 5.96. The minimum Gasteiger partial charge on any atom is -0.329 e. The number of halogens is 3. The fourth-order valence-electron chi connectivity index (χ4n) is 3.00. The van der Waals surface area contributed by atoms with Gasteiger partial charge in [0, 0.05) is 18.5 Å². The molecule has 1 fully saturated rings. The molecule has 1 aliphatic rings. The van der Waals surface area contributed by atoms with Crippen LogP contribution in [0.4, 0.5) is 13.2 Å². The highest BCUT2D eigenvalue weighted by atomic mass is 19.4. The van der Waals surface area contributed by atoms with Crippen molar-refractivity contribution in [3.8, 4) is 0 Å². The van der Waals surface area contributed by atoms with Gasteiger partial charge in [0.25, 0.3) is 0 Å². The van der Waals surface area contributed by atoms with Gasteiger partial charge in [-0.1, -0.05) is 20.3 Å². The maximum Gasteiger partial charge on any atom is 0.389 e. The highest BCUT2D eigenvalue weighted by Gasteiger charge is 2.37. The zero-order valence-corrected chi connectivity index (χ0v) is 13.0. The quantitative estimate of drug-likeness (QED) is 0.803. The van der Waals surface area contributed by atoms with Crippen LogP contribution in [0.5, 0.6) is 0 Å². The third-order valence-electron chi connectivity index (χ3n) is 5.20. The third kappa shape index (κ3) is 4.92. The Labute approximate surface area is 120 Å². The summed E-state index contributed by atoms with van der Waals surface area (Å²) in [6.45, 7) is 8.84. The maximum absolute atomic E-state index is 12.3. The summed E-state index contributed by atoms with van der Waals surface area (Å²) in [6.07, 6.45) is -0.698. The molecule has 1 rings (SSSR count). The van der Waals surface area contributed by atoms with Gasteiger partial charge in [-0.2, -0.15) is 13.2 Å². The Morgan fingerprint density at radius 3 is 2.10 bits per heavy atom. The van der Waals surface area contributed by atoms with E-state index in [1.807, 2.05) is 6.92 Å². The Hall–Kier alpha value is -0.290. The van der Waals surface area contributed by atoms with Gasteiger partial charge in [0.15, 0.2) is 0 Å². The Bertz CT molecular complexity index is 296. The molecule has 0 saturated carbocycles. The van der Waals surface area contributed by atoms with Crippen LogP contribution in [0.25, 0.3) is 0 Å². The highest BCUT2D eigenvalue weighted by molar-refractivity contribution is 4.92. The first-order chi connectivity index (χ1) is 9.14.